The van der Waals surface area contributed by atoms with E-state index in [4.69, 9.17) is 6.42 Å². The summed E-state index contributed by atoms with van der Waals surface area (Å²) in [4.78, 5) is 9.15. The maximum absolute atomic E-state index is 5.20. The average molecular weight is 160 g/mol. The molecule has 0 bridgehead atoms. The summed E-state index contributed by atoms with van der Waals surface area (Å²) < 4.78 is 0. The van der Waals surface area contributed by atoms with Gasteiger partial charge in [0.1, 0.15) is 10.3 Å². The second kappa shape index (κ2) is 2.33. The Morgan fingerprint density at radius 2 is 2.36 bits per heavy atom. The predicted octanol–water partition coefficient (Wildman–Crippen LogP) is 1.67. The SMILES string of the molecule is C#Cc1cnc2scnc2c1. The van der Waals surface area contributed by atoms with E-state index in [2.05, 4.69) is 15.9 Å². The van der Waals surface area contributed by atoms with Gasteiger partial charge in [0.2, 0.25) is 0 Å². The number of hydrogen-bond acceptors (Lipinski definition) is 3. The van der Waals surface area contributed by atoms with Crippen molar-refractivity contribution in [2.45, 2.75) is 0 Å². The zero-order chi connectivity index (χ0) is 7.68. The lowest BCUT2D eigenvalue weighted by atomic mass is 10.3. The number of terminal acetylenes is 1. The quantitative estimate of drug-likeness (QED) is 0.548. The highest BCUT2D eigenvalue weighted by atomic mass is 32.1. The highest BCUT2D eigenvalue weighted by Crippen LogP contribution is 2.14. The first-order valence-electron chi connectivity index (χ1n) is 3.06. The van der Waals surface area contributed by atoms with Crippen LogP contribution in [0.3, 0.4) is 0 Å². The summed E-state index contributed by atoms with van der Waals surface area (Å²) in [6.45, 7) is 0. The Bertz CT molecular complexity index is 425. The van der Waals surface area contributed by atoms with Crippen LogP contribution >= 0.6 is 11.3 Å². The molecule has 52 valence electrons. The zero-order valence-electron chi connectivity index (χ0n) is 5.61. The molecule has 0 fully saturated rings. The van der Waals surface area contributed by atoms with Crippen LogP contribution in [0.5, 0.6) is 0 Å². The lowest BCUT2D eigenvalue weighted by molar-refractivity contribution is 1.39. The Morgan fingerprint density at radius 3 is 3.18 bits per heavy atom. The molecule has 0 aliphatic heterocycles. The minimum absolute atomic E-state index is 0.781. The van der Waals surface area contributed by atoms with Crippen molar-refractivity contribution in [3.63, 3.8) is 0 Å². The molecule has 0 aromatic carbocycles. The van der Waals surface area contributed by atoms with Gasteiger partial charge in [0.25, 0.3) is 0 Å². The summed E-state index contributed by atoms with van der Waals surface area (Å²) in [5.74, 6) is 2.51. The van der Waals surface area contributed by atoms with Crippen molar-refractivity contribution in [1.82, 2.24) is 9.97 Å². The first kappa shape index (κ1) is 6.32. The molecule has 2 aromatic heterocycles. The summed E-state index contributed by atoms with van der Waals surface area (Å²) in [6.07, 6.45) is 6.88. The first-order valence-corrected chi connectivity index (χ1v) is 3.94. The second-order valence-corrected chi connectivity index (χ2v) is 2.88. The van der Waals surface area contributed by atoms with Gasteiger partial charge < -0.3 is 0 Å². The fourth-order valence-electron chi connectivity index (χ4n) is 0.836. The normalized spacial score (nSPS) is 9.73. The van der Waals surface area contributed by atoms with E-state index in [-0.39, 0.29) is 0 Å². The van der Waals surface area contributed by atoms with Crippen molar-refractivity contribution in [2.75, 3.05) is 0 Å². The second-order valence-electron chi connectivity index (χ2n) is 2.04. The molecule has 0 aliphatic carbocycles. The van der Waals surface area contributed by atoms with Gasteiger partial charge in [-0.1, -0.05) is 5.92 Å². The van der Waals surface area contributed by atoms with E-state index in [1.165, 1.54) is 11.3 Å². The van der Waals surface area contributed by atoms with E-state index in [1.54, 1.807) is 11.7 Å². The number of thiazole rings is 1. The molecular formula is C8H4N2S. The van der Waals surface area contributed by atoms with E-state index in [0.29, 0.717) is 0 Å². The Hall–Kier alpha value is -1.40. The van der Waals surface area contributed by atoms with Gasteiger partial charge in [-0.3, -0.25) is 0 Å². The van der Waals surface area contributed by atoms with Crippen molar-refractivity contribution in [1.29, 1.82) is 0 Å². The summed E-state index contributed by atoms with van der Waals surface area (Å²) in [6, 6.07) is 1.86. The van der Waals surface area contributed by atoms with Crippen LogP contribution in [-0.2, 0) is 0 Å². The van der Waals surface area contributed by atoms with Crippen LogP contribution in [0.2, 0.25) is 0 Å². The van der Waals surface area contributed by atoms with Crippen molar-refractivity contribution in [3.05, 3.63) is 23.3 Å². The number of fused-ring (bicyclic) bond motifs is 1. The summed E-state index contributed by atoms with van der Waals surface area (Å²) in [5.41, 5.74) is 3.42. The van der Waals surface area contributed by atoms with E-state index in [9.17, 15) is 0 Å². The van der Waals surface area contributed by atoms with E-state index in [1.807, 2.05) is 6.07 Å². The molecule has 0 aliphatic rings. The lowest BCUT2D eigenvalue weighted by Gasteiger charge is -1.87. The largest absolute Gasteiger partial charge is 0.243 e. The van der Waals surface area contributed by atoms with Crippen LogP contribution in [0, 0.1) is 12.3 Å². The van der Waals surface area contributed by atoms with Crippen molar-refractivity contribution in [3.8, 4) is 12.3 Å². The Kier molecular flexibility index (Phi) is 1.34. The van der Waals surface area contributed by atoms with E-state index >= 15 is 0 Å². The third kappa shape index (κ3) is 0.975. The maximum atomic E-state index is 5.20. The average Bonchev–Trinajstić information content (AvgIpc) is 2.50. The molecule has 3 heteroatoms. The maximum Gasteiger partial charge on any atom is 0.143 e. The van der Waals surface area contributed by atoms with Gasteiger partial charge in [0.15, 0.2) is 0 Å². The van der Waals surface area contributed by atoms with E-state index in [0.717, 1.165) is 15.9 Å². The smallest absolute Gasteiger partial charge is 0.143 e. The number of pyridine rings is 1. The van der Waals surface area contributed by atoms with Gasteiger partial charge in [-0.25, -0.2) is 9.97 Å². The summed E-state index contributed by atoms with van der Waals surface area (Å²) in [7, 11) is 0. The van der Waals surface area contributed by atoms with E-state index < -0.39 is 0 Å². The van der Waals surface area contributed by atoms with Crippen LogP contribution < -0.4 is 0 Å². The number of hydrogen-bond donors (Lipinski definition) is 0. The predicted molar refractivity (Wildman–Crippen MR) is 45.4 cm³/mol. The molecule has 2 rings (SSSR count). The highest BCUT2D eigenvalue weighted by Gasteiger charge is 1.96. The minimum Gasteiger partial charge on any atom is -0.243 e. The van der Waals surface area contributed by atoms with Gasteiger partial charge >= 0.3 is 0 Å². The first-order chi connectivity index (χ1) is 5.40. The van der Waals surface area contributed by atoms with Crippen molar-refractivity contribution >= 4 is 21.7 Å². The van der Waals surface area contributed by atoms with Crippen LogP contribution in [0.25, 0.3) is 10.3 Å². The minimum atomic E-state index is 0.781. The highest BCUT2D eigenvalue weighted by molar-refractivity contribution is 7.16. The molecule has 0 N–H and O–H groups in total. The lowest BCUT2D eigenvalue weighted by Crippen LogP contribution is -1.77. The molecule has 0 amide bonds. The van der Waals surface area contributed by atoms with Crippen LogP contribution in [0.4, 0.5) is 0 Å². The van der Waals surface area contributed by atoms with Gasteiger partial charge in [-0.2, -0.15) is 0 Å². The fraction of sp³-hybridized carbons (Fsp3) is 0. The van der Waals surface area contributed by atoms with Crippen LogP contribution in [-0.4, -0.2) is 9.97 Å². The molecule has 0 spiro atoms. The molecule has 2 heterocycles. The van der Waals surface area contributed by atoms with Crippen LogP contribution in [0.1, 0.15) is 5.56 Å². The summed E-state index contributed by atoms with van der Waals surface area (Å²) in [5, 5.41) is 0. The van der Waals surface area contributed by atoms with Crippen LogP contribution in [0.15, 0.2) is 17.8 Å². The topological polar surface area (TPSA) is 25.8 Å². The van der Waals surface area contributed by atoms with Gasteiger partial charge in [-0.15, -0.1) is 17.8 Å². The van der Waals surface area contributed by atoms with Crippen molar-refractivity contribution < 1.29 is 0 Å². The standard InChI is InChI=1S/C8H4N2S/c1-2-6-3-7-8(9-4-6)11-5-10-7/h1,3-5H. The molecular weight excluding hydrogens is 156 g/mol. The Morgan fingerprint density at radius 1 is 1.45 bits per heavy atom. The third-order valence-corrected chi connectivity index (χ3v) is 2.10. The number of rotatable bonds is 0. The molecule has 0 radical (unpaired) electrons. The third-order valence-electron chi connectivity index (χ3n) is 1.36. The van der Waals surface area contributed by atoms with Crippen molar-refractivity contribution in [2.24, 2.45) is 0 Å². The molecule has 0 saturated heterocycles. The number of aromatic nitrogens is 2. The summed E-state index contributed by atoms with van der Waals surface area (Å²) >= 11 is 1.52. The molecule has 0 unspecified atom stereocenters. The molecule has 2 aromatic rings. The molecule has 0 atom stereocenters. The number of nitrogens with zero attached hydrogens (tertiary/aromatic N) is 2. The van der Waals surface area contributed by atoms with Gasteiger partial charge in [-0.05, 0) is 6.07 Å². The molecule has 0 saturated carbocycles. The zero-order valence-corrected chi connectivity index (χ0v) is 6.43. The van der Waals surface area contributed by atoms with Gasteiger partial charge in [0, 0.05) is 11.8 Å². The monoisotopic (exact) mass is 160 g/mol. The Balaban J connectivity index is 2.79. The Labute approximate surface area is 67.9 Å². The fourth-order valence-corrected chi connectivity index (χ4v) is 1.45. The molecule has 11 heavy (non-hydrogen) atoms. The molecule has 2 nitrogen and oxygen atoms in total. The van der Waals surface area contributed by atoms with Gasteiger partial charge in [0.05, 0.1) is 5.51 Å².